The van der Waals surface area contributed by atoms with E-state index in [0.29, 0.717) is 11.4 Å². The van der Waals surface area contributed by atoms with Crippen molar-refractivity contribution in [2.24, 2.45) is 0 Å². The summed E-state index contributed by atoms with van der Waals surface area (Å²) in [7, 11) is 1.53. The van der Waals surface area contributed by atoms with E-state index in [-0.39, 0.29) is 17.2 Å². The topological polar surface area (TPSA) is 76.1 Å². The molecule has 0 bridgehead atoms. The zero-order chi connectivity index (χ0) is 19.4. The number of carbonyl (C=O) groups is 1. The minimum absolute atomic E-state index is 0.0159. The molecule has 138 valence electrons. The number of benzene rings is 2. The Morgan fingerprint density at radius 1 is 0.963 bits per heavy atom. The first-order valence-electron chi connectivity index (χ1n) is 7.66. The van der Waals surface area contributed by atoms with Crippen LogP contribution in [-0.4, -0.2) is 23.0 Å². The van der Waals surface area contributed by atoms with Crippen molar-refractivity contribution in [3.63, 3.8) is 0 Å². The zero-order valence-electron chi connectivity index (χ0n) is 14.0. The highest BCUT2D eigenvalue weighted by Gasteiger charge is 2.14. The Bertz CT molecular complexity index is 964. The number of anilines is 3. The quantitative estimate of drug-likeness (QED) is 0.663. The maximum atomic E-state index is 13.7. The second kappa shape index (κ2) is 7.73. The number of hydrogen-bond acceptors (Lipinski definition) is 5. The van der Waals surface area contributed by atoms with Crippen LogP contribution in [0.2, 0.25) is 0 Å². The number of nitrogens with one attached hydrogen (secondary N) is 2. The van der Waals surface area contributed by atoms with E-state index in [4.69, 9.17) is 4.74 Å². The summed E-state index contributed by atoms with van der Waals surface area (Å²) in [6.07, 6.45) is 2.34. The molecule has 27 heavy (non-hydrogen) atoms. The van der Waals surface area contributed by atoms with Gasteiger partial charge < -0.3 is 15.4 Å². The number of halogens is 3. The third-order valence-electron chi connectivity index (χ3n) is 3.53. The van der Waals surface area contributed by atoms with Crippen LogP contribution in [0.1, 0.15) is 10.5 Å². The fourth-order valence-corrected chi connectivity index (χ4v) is 2.14. The van der Waals surface area contributed by atoms with E-state index in [2.05, 4.69) is 20.6 Å². The van der Waals surface area contributed by atoms with Gasteiger partial charge in [-0.1, -0.05) is 0 Å². The monoisotopic (exact) mass is 374 g/mol. The van der Waals surface area contributed by atoms with Gasteiger partial charge >= 0.3 is 0 Å². The van der Waals surface area contributed by atoms with Gasteiger partial charge in [-0.05, 0) is 36.4 Å². The molecule has 1 aromatic heterocycles. The Hall–Kier alpha value is -3.62. The van der Waals surface area contributed by atoms with Crippen LogP contribution in [0.4, 0.5) is 30.4 Å². The second-order valence-electron chi connectivity index (χ2n) is 5.32. The molecule has 3 rings (SSSR count). The van der Waals surface area contributed by atoms with Gasteiger partial charge in [-0.15, -0.1) is 0 Å². The van der Waals surface area contributed by atoms with Crippen LogP contribution in [0.15, 0.2) is 48.8 Å². The molecule has 0 unspecified atom stereocenters. The standard InChI is InChI=1S/C18H13F3N4O2/c1-27-11-4-2-10(3-5-11)24-18(26)14-8-23-15(9-22-14)25-13-7-6-12(19)16(20)17(13)21/h2-9H,1H3,(H,23,25)(H,24,26). The minimum Gasteiger partial charge on any atom is -0.497 e. The molecule has 0 radical (unpaired) electrons. The molecule has 2 aromatic carbocycles. The van der Waals surface area contributed by atoms with Crippen molar-refractivity contribution in [3.05, 3.63) is 71.9 Å². The first-order valence-corrected chi connectivity index (χ1v) is 7.66. The maximum absolute atomic E-state index is 13.7. The van der Waals surface area contributed by atoms with Crippen LogP contribution in [-0.2, 0) is 0 Å². The first kappa shape index (κ1) is 18.2. The molecule has 0 aliphatic rings. The zero-order valence-corrected chi connectivity index (χ0v) is 14.0. The summed E-state index contributed by atoms with van der Waals surface area (Å²) in [5, 5.41) is 5.10. The molecule has 0 atom stereocenters. The van der Waals surface area contributed by atoms with E-state index in [0.717, 1.165) is 12.1 Å². The summed E-state index contributed by atoms with van der Waals surface area (Å²) < 4.78 is 44.9. The van der Waals surface area contributed by atoms with Gasteiger partial charge in [0.25, 0.3) is 5.91 Å². The number of ether oxygens (including phenoxy) is 1. The maximum Gasteiger partial charge on any atom is 0.275 e. The molecule has 0 saturated carbocycles. The van der Waals surface area contributed by atoms with Crippen molar-refractivity contribution in [3.8, 4) is 5.75 Å². The van der Waals surface area contributed by atoms with Gasteiger partial charge in [0.05, 0.1) is 25.2 Å². The largest absolute Gasteiger partial charge is 0.497 e. The summed E-state index contributed by atoms with van der Waals surface area (Å²) in [4.78, 5) is 20.0. The predicted octanol–water partition coefficient (Wildman–Crippen LogP) is 3.90. The van der Waals surface area contributed by atoms with Crippen molar-refractivity contribution < 1.29 is 22.7 Å². The summed E-state index contributed by atoms with van der Waals surface area (Å²) in [6, 6.07) is 8.50. The van der Waals surface area contributed by atoms with Gasteiger partial charge in [0, 0.05) is 5.69 Å². The van der Waals surface area contributed by atoms with Crippen molar-refractivity contribution >= 4 is 23.1 Å². The molecule has 0 fully saturated rings. The van der Waals surface area contributed by atoms with Crippen molar-refractivity contribution in [1.82, 2.24) is 9.97 Å². The smallest absolute Gasteiger partial charge is 0.275 e. The van der Waals surface area contributed by atoms with E-state index in [9.17, 15) is 18.0 Å². The Labute approximate surface area is 152 Å². The number of amides is 1. The second-order valence-corrected chi connectivity index (χ2v) is 5.32. The molecule has 0 aliphatic carbocycles. The third kappa shape index (κ3) is 4.14. The van der Waals surface area contributed by atoms with Crippen LogP contribution in [0, 0.1) is 17.5 Å². The van der Waals surface area contributed by atoms with Crippen LogP contribution >= 0.6 is 0 Å². The average Bonchev–Trinajstić information content (AvgIpc) is 2.69. The molecular weight excluding hydrogens is 361 g/mol. The van der Waals surface area contributed by atoms with Crippen LogP contribution in [0.3, 0.4) is 0 Å². The molecule has 0 saturated heterocycles. The predicted molar refractivity (Wildman–Crippen MR) is 92.6 cm³/mol. The number of carbonyl (C=O) groups excluding carboxylic acids is 1. The lowest BCUT2D eigenvalue weighted by Crippen LogP contribution is -2.14. The van der Waals surface area contributed by atoms with Crippen molar-refractivity contribution in [2.45, 2.75) is 0 Å². The van der Waals surface area contributed by atoms with Crippen LogP contribution in [0.25, 0.3) is 0 Å². The molecule has 0 spiro atoms. The van der Waals surface area contributed by atoms with Gasteiger partial charge in [0.15, 0.2) is 17.5 Å². The molecule has 1 heterocycles. The number of nitrogens with zero attached hydrogens (tertiary/aromatic N) is 2. The van der Waals surface area contributed by atoms with E-state index in [1.165, 1.54) is 19.5 Å². The highest BCUT2D eigenvalue weighted by molar-refractivity contribution is 6.02. The highest BCUT2D eigenvalue weighted by atomic mass is 19.2. The summed E-state index contributed by atoms with van der Waals surface area (Å²) in [5.74, 6) is -4.07. The molecule has 6 nitrogen and oxygen atoms in total. The Morgan fingerprint density at radius 2 is 1.70 bits per heavy atom. The number of rotatable bonds is 5. The number of aromatic nitrogens is 2. The molecule has 9 heteroatoms. The third-order valence-corrected chi connectivity index (χ3v) is 3.53. The van der Waals surface area contributed by atoms with E-state index in [1.807, 2.05) is 0 Å². The van der Waals surface area contributed by atoms with Gasteiger partial charge in [-0.25, -0.2) is 23.1 Å². The number of hydrogen-bond donors (Lipinski definition) is 2. The Balaban J connectivity index is 1.69. The number of methoxy groups -OCH3 is 1. The van der Waals surface area contributed by atoms with E-state index >= 15 is 0 Å². The van der Waals surface area contributed by atoms with E-state index < -0.39 is 23.4 Å². The van der Waals surface area contributed by atoms with E-state index in [1.54, 1.807) is 24.3 Å². The fourth-order valence-electron chi connectivity index (χ4n) is 2.14. The molecular formula is C18H13F3N4O2. The lowest BCUT2D eigenvalue weighted by Gasteiger charge is -2.08. The SMILES string of the molecule is COc1ccc(NC(=O)c2cnc(Nc3ccc(F)c(F)c3F)cn2)cc1. The van der Waals surface area contributed by atoms with Gasteiger partial charge in [-0.2, -0.15) is 0 Å². The molecule has 1 amide bonds. The fraction of sp³-hybridized carbons (Fsp3) is 0.0556. The average molecular weight is 374 g/mol. The molecule has 0 aliphatic heterocycles. The van der Waals surface area contributed by atoms with Crippen molar-refractivity contribution in [2.75, 3.05) is 17.7 Å². The minimum atomic E-state index is -1.59. The van der Waals surface area contributed by atoms with Crippen LogP contribution < -0.4 is 15.4 Å². The molecule has 3 aromatic rings. The summed E-state index contributed by atoms with van der Waals surface area (Å²) in [5.41, 5.74) is 0.245. The normalized spacial score (nSPS) is 10.4. The van der Waals surface area contributed by atoms with Gasteiger partial charge in [-0.3, -0.25) is 4.79 Å². The van der Waals surface area contributed by atoms with Crippen molar-refractivity contribution in [1.29, 1.82) is 0 Å². The Morgan fingerprint density at radius 3 is 2.33 bits per heavy atom. The summed E-state index contributed by atoms with van der Waals surface area (Å²) >= 11 is 0. The lowest BCUT2D eigenvalue weighted by molar-refractivity contribution is 0.102. The van der Waals surface area contributed by atoms with Crippen LogP contribution in [0.5, 0.6) is 5.75 Å². The first-order chi connectivity index (χ1) is 13.0. The van der Waals surface area contributed by atoms with Gasteiger partial charge in [0.2, 0.25) is 0 Å². The molecule has 2 N–H and O–H groups in total. The Kier molecular flexibility index (Phi) is 5.20. The summed E-state index contributed by atoms with van der Waals surface area (Å²) in [6.45, 7) is 0. The highest BCUT2D eigenvalue weighted by Crippen LogP contribution is 2.22. The van der Waals surface area contributed by atoms with Gasteiger partial charge in [0.1, 0.15) is 17.3 Å². The lowest BCUT2D eigenvalue weighted by atomic mass is 10.2.